The lowest BCUT2D eigenvalue weighted by atomic mass is 9.90. The van der Waals surface area contributed by atoms with Crippen molar-refractivity contribution in [2.45, 2.75) is 43.9 Å². The number of fused-ring (bicyclic) bond motifs is 1. The summed E-state index contributed by atoms with van der Waals surface area (Å²) in [6.07, 6.45) is 5.51. The summed E-state index contributed by atoms with van der Waals surface area (Å²) < 4.78 is 17.1. The average molecular weight is 252 g/mol. The average Bonchev–Trinajstić information content (AvgIpc) is 2.36. The molecule has 4 heteroatoms. The second-order valence-corrected chi connectivity index (χ2v) is 7.93. The number of rotatable bonds is 0. The van der Waals surface area contributed by atoms with Gasteiger partial charge in [-0.3, -0.25) is 4.98 Å². The number of nitrogens with zero attached hydrogens (tertiary/aromatic N) is 2. The van der Waals surface area contributed by atoms with E-state index in [0.717, 1.165) is 23.4 Å². The molecule has 1 aromatic heterocycles. The molecule has 0 saturated carbocycles. The molecule has 1 atom stereocenters. The Morgan fingerprint density at radius 2 is 2.06 bits per heavy atom. The van der Waals surface area contributed by atoms with Gasteiger partial charge in [0.05, 0.1) is 20.3 Å². The van der Waals surface area contributed by atoms with Crippen LogP contribution in [0.4, 0.5) is 0 Å². The van der Waals surface area contributed by atoms with E-state index in [1.165, 1.54) is 5.56 Å². The third kappa shape index (κ3) is 2.37. The molecule has 2 rings (SSSR count). The zero-order valence-electron chi connectivity index (χ0n) is 11.0. The van der Waals surface area contributed by atoms with Crippen molar-refractivity contribution in [2.75, 3.05) is 12.8 Å². The second-order valence-electron chi connectivity index (χ2n) is 5.66. The fraction of sp³-hybridized carbons (Fsp3) is 0.615. The lowest BCUT2D eigenvalue weighted by molar-refractivity contribution is 0.549. The maximum absolute atomic E-state index is 12.7. The van der Waals surface area contributed by atoms with Crippen LogP contribution in [0.25, 0.3) is 0 Å². The second kappa shape index (κ2) is 4.09. The van der Waals surface area contributed by atoms with Crippen molar-refractivity contribution in [3.8, 4) is 0 Å². The van der Waals surface area contributed by atoms with E-state index in [-0.39, 0.29) is 5.41 Å². The molecule has 0 aromatic carbocycles. The monoisotopic (exact) mass is 252 g/mol. The Kier molecular flexibility index (Phi) is 3.02. The van der Waals surface area contributed by atoms with Gasteiger partial charge in [-0.05, 0) is 24.5 Å². The zero-order valence-corrected chi connectivity index (χ0v) is 11.8. The van der Waals surface area contributed by atoms with Crippen LogP contribution in [-0.4, -0.2) is 22.0 Å². The smallest absolute Gasteiger partial charge is 0.0744 e. The highest BCUT2D eigenvalue weighted by atomic mass is 32.2. The standard InChI is InChI=1S/C13H20N2OS/c1-13(2,3)12-11-10(7-9-14-12)6-5-8-15-17(11,4)16/h7,9H,5-6,8H2,1-4H3/t17-/m1/s1. The van der Waals surface area contributed by atoms with Crippen molar-refractivity contribution in [3.05, 3.63) is 23.5 Å². The van der Waals surface area contributed by atoms with Crippen LogP contribution in [0.5, 0.6) is 0 Å². The Morgan fingerprint density at radius 3 is 2.71 bits per heavy atom. The lowest BCUT2D eigenvalue weighted by Crippen LogP contribution is -2.19. The van der Waals surface area contributed by atoms with Gasteiger partial charge in [0.25, 0.3) is 0 Å². The van der Waals surface area contributed by atoms with Gasteiger partial charge >= 0.3 is 0 Å². The first kappa shape index (κ1) is 12.6. The van der Waals surface area contributed by atoms with Crippen LogP contribution in [0.2, 0.25) is 0 Å². The van der Waals surface area contributed by atoms with E-state index in [0.29, 0.717) is 6.54 Å². The number of hydrogen-bond acceptors (Lipinski definition) is 3. The van der Waals surface area contributed by atoms with Crippen molar-refractivity contribution >= 4 is 9.73 Å². The zero-order chi connectivity index (χ0) is 12.7. The molecule has 0 bridgehead atoms. The van der Waals surface area contributed by atoms with E-state index in [1.807, 2.05) is 12.3 Å². The first-order valence-corrected chi connectivity index (χ1v) is 7.91. The van der Waals surface area contributed by atoms with Gasteiger partial charge in [-0.25, -0.2) is 8.57 Å². The first-order valence-electron chi connectivity index (χ1n) is 5.99. The molecule has 2 heterocycles. The molecule has 0 spiro atoms. The van der Waals surface area contributed by atoms with E-state index in [9.17, 15) is 4.21 Å². The normalized spacial score (nSPS) is 24.7. The Hall–Kier alpha value is -0.900. The minimum Gasteiger partial charge on any atom is -0.259 e. The van der Waals surface area contributed by atoms with Gasteiger partial charge in [-0.1, -0.05) is 20.8 Å². The molecule has 0 radical (unpaired) electrons. The summed E-state index contributed by atoms with van der Waals surface area (Å²) in [5.74, 6) is 0. The molecule has 0 saturated heterocycles. The predicted octanol–water partition coefficient (Wildman–Crippen LogP) is 2.78. The van der Waals surface area contributed by atoms with Gasteiger partial charge < -0.3 is 0 Å². The topological polar surface area (TPSA) is 42.3 Å². The van der Waals surface area contributed by atoms with E-state index < -0.39 is 9.73 Å². The van der Waals surface area contributed by atoms with E-state index in [4.69, 9.17) is 0 Å². The Labute approximate surface area is 104 Å². The van der Waals surface area contributed by atoms with Gasteiger partial charge in [0, 0.05) is 24.4 Å². The van der Waals surface area contributed by atoms with Gasteiger partial charge in [-0.2, -0.15) is 0 Å². The molecule has 0 fully saturated rings. The molecule has 0 amide bonds. The minimum absolute atomic E-state index is 0.0934. The summed E-state index contributed by atoms with van der Waals surface area (Å²) in [4.78, 5) is 5.35. The van der Waals surface area contributed by atoms with Gasteiger partial charge in [0.1, 0.15) is 0 Å². The molecule has 0 N–H and O–H groups in total. The first-order chi connectivity index (χ1) is 7.82. The van der Waals surface area contributed by atoms with Gasteiger partial charge in [0.15, 0.2) is 0 Å². The lowest BCUT2D eigenvalue weighted by Gasteiger charge is -2.23. The highest BCUT2D eigenvalue weighted by molar-refractivity contribution is 7.93. The van der Waals surface area contributed by atoms with Crippen LogP contribution in [-0.2, 0) is 21.6 Å². The third-order valence-electron chi connectivity index (χ3n) is 3.02. The number of aryl methyl sites for hydroxylation is 1. The summed E-state index contributed by atoms with van der Waals surface area (Å²) in [5, 5.41) is 0. The van der Waals surface area contributed by atoms with Crippen molar-refractivity contribution in [1.82, 2.24) is 4.98 Å². The van der Waals surface area contributed by atoms with Gasteiger partial charge in [-0.15, -0.1) is 0 Å². The maximum Gasteiger partial charge on any atom is 0.0744 e. The molecule has 3 nitrogen and oxygen atoms in total. The van der Waals surface area contributed by atoms with Crippen LogP contribution in [0, 0.1) is 0 Å². The maximum atomic E-state index is 12.7. The fourth-order valence-electron chi connectivity index (χ4n) is 2.21. The van der Waals surface area contributed by atoms with E-state index in [2.05, 4.69) is 30.1 Å². The summed E-state index contributed by atoms with van der Waals surface area (Å²) in [6.45, 7) is 7.01. The number of aromatic nitrogens is 1. The van der Waals surface area contributed by atoms with Crippen molar-refractivity contribution in [2.24, 2.45) is 4.36 Å². The highest BCUT2D eigenvalue weighted by Gasteiger charge is 2.27. The fourth-order valence-corrected chi connectivity index (χ4v) is 4.20. The number of hydrogen-bond donors (Lipinski definition) is 0. The quantitative estimate of drug-likeness (QED) is 0.712. The SMILES string of the molecule is CC(C)(C)c1nccc2c1[S@@](C)(=O)=NCCC2. The minimum atomic E-state index is -2.28. The third-order valence-corrected chi connectivity index (χ3v) is 4.91. The van der Waals surface area contributed by atoms with Gasteiger partial charge in [0.2, 0.25) is 0 Å². The Bertz CT molecular complexity index is 549. The molecule has 1 aliphatic rings. The van der Waals surface area contributed by atoms with E-state index >= 15 is 0 Å². The molecule has 0 unspecified atom stereocenters. The van der Waals surface area contributed by atoms with Crippen molar-refractivity contribution in [3.63, 3.8) is 0 Å². The molecule has 1 aliphatic heterocycles. The van der Waals surface area contributed by atoms with Crippen LogP contribution >= 0.6 is 0 Å². The summed E-state index contributed by atoms with van der Waals surface area (Å²) >= 11 is 0. The summed E-state index contributed by atoms with van der Waals surface area (Å²) in [6, 6.07) is 1.99. The molecular weight excluding hydrogens is 232 g/mol. The molecule has 1 aromatic rings. The van der Waals surface area contributed by atoms with Crippen LogP contribution in [0.1, 0.15) is 38.4 Å². The van der Waals surface area contributed by atoms with Crippen LogP contribution < -0.4 is 0 Å². The molecule has 94 valence electrons. The summed E-state index contributed by atoms with van der Waals surface area (Å²) in [5.41, 5.74) is 2.01. The Balaban J connectivity index is 2.79. The summed E-state index contributed by atoms with van der Waals surface area (Å²) in [7, 11) is -2.28. The van der Waals surface area contributed by atoms with E-state index in [1.54, 1.807) is 6.26 Å². The molecular formula is C13H20N2OS. The number of pyridine rings is 1. The largest absolute Gasteiger partial charge is 0.259 e. The van der Waals surface area contributed by atoms with Crippen LogP contribution in [0.3, 0.4) is 0 Å². The van der Waals surface area contributed by atoms with Crippen LogP contribution in [0.15, 0.2) is 21.5 Å². The Morgan fingerprint density at radius 1 is 1.35 bits per heavy atom. The molecule has 17 heavy (non-hydrogen) atoms. The molecule has 0 aliphatic carbocycles. The van der Waals surface area contributed by atoms with Crippen molar-refractivity contribution < 1.29 is 4.21 Å². The highest BCUT2D eigenvalue weighted by Crippen LogP contribution is 2.32. The van der Waals surface area contributed by atoms with Crippen molar-refractivity contribution in [1.29, 1.82) is 0 Å². The predicted molar refractivity (Wildman–Crippen MR) is 70.9 cm³/mol.